The number of nitriles is 1. The molecule has 7 atom stereocenters. The van der Waals surface area contributed by atoms with E-state index in [1.165, 1.54) is 29.9 Å². The van der Waals surface area contributed by atoms with Crippen LogP contribution in [0.15, 0.2) is 48.8 Å². The minimum Gasteiger partial charge on any atom is -0.465 e. The maximum absolute atomic E-state index is 14.7. The third kappa shape index (κ3) is 6.66. The summed E-state index contributed by atoms with van der Waals surface area (Å²) in [7, 11) is -4.66. The quantitative estimate of drug-likeness (QED) is 0.0983. The van der Waals surface area contributed by atoms with Crippen molar-refractivity contribution in [2.45, 2.75) is 89.9 Å². The molecular weight excluding hydrogens is 671 g/mol. The highest BCUT2D eigenvalue weighted by Crippen LogP contribution is 2.71. The summed E-state index contributed by atoms with van der Waals surface area (Å²) in [4.78, 5) is 43.5. The Labute approximate surface area is 289 Å². The van der Waals surface area contributed by atoms with Gasteiger partial charge < -0.3 is 29.2 Å². The zero-order valence-electron chi connectivity index (χ0n) is 28.6. The molecule has 17 heteroatoms. The van der Waals surface area contributed by atoms with Gasteiger partial charge in [-0.3, -0.25) is 18.9 Å². The summed E-state index contributed by atoms with van der Waals surface area (Å²) < 4.78 is 51.8. The number of nitrogens with two attached hydrogens (primary N) is 1. The van der Waals surface area contributed by atoms with E-state index in [9.17, 15) is 24.2 Å². The van der Waals surface area contributed by atoms with Crippen LogP contribution in [0.5, 0.6) is 5.75 Å². The van der Waals surface area contributed by atoms with Gasteiger partial charge in [0.05, 0.1) is 24.1 Å². The van der Waals surface area contributed by atoms with Crippen LogP contribution in [0.4, 0.5) is 5.82 Å². The average molecular weight is 713 g/mol. The van der Waals surface area contributed by atoms with Crippen molar-refractivity contribution in [2.24, 2.45) is 11.8 Å². The zero-order valence-corrected chi connectivity index (χ0v) is 29.5. The Kier molecular flexibility index (Phi) is 10.5. The van der Waals surface area contributed by atoms with Gasteiger partial charge in [0.1, 0.15) is 35.8 Å². The number of carbonyl (C=O) groups excluding carboxylic acids is 3. The molecule has 2 aromatic heterocycles. The lowest BCUT2D eigenvalue weighted by molar-refractivity contribution is -0.181. The van der Waals surface area contributed by atoms with Crippen molar-refractivity contribution in [3.8, 4) is 11.8 Å². The van der Waals surface area contributed by atoms with E-state index in [-0.39, 0.29) is 18.2 Å². The lowest BCUT2D eigenvalue weighted by Gasteiger charge is -2.30. The van der Waals surface area contributed by atoms with Gasteiger partial charge in [0, 0.05) is 0 Å². The molecule has 1 aromatic carbocycles. The lowest BCUT2D eigenvalue weighted by Crippen LogP contribution is -2.45. The number of ether oxygens (including phenoxy) is 4. The van der Waals surface area contributed by atoms with Gasteiger partial charge in [0.2, 0.25) is 11.2 Å². The zero-order chi connectivity index (χ0) is 36.4. The number of hydrogen-bond donors (Lipinski definition) is 2. The van der Waals surface area contributed by atoms with Crippen molar-refractivity contribution >= 4 is 37.0 Å². The lowest BCUT2D eigenvalue weighted by atomic mass is 10.0. The number of nitrogens with one attached hydrogen (secondary N) is 1. The predicted molar refractivity (Wildman–Crippen MR) is 176 cm³/mol. The molecule has 50 heavy (non-hydrogen) atoms. The Balaban J connectivity index is 1.60. The van der Waals surface area contributed by atoms with Crippen molar-refractivity contribution in [1.29, 1.82) is 5.26 Å². The van der Waals surface area contributed by atoms with Gasteiger partial charge in [-0.1, -0.05) is 59.2 Å². The molecule has 268 valence electrons. The van der Waals surface area contributed by atoms with E-state index in [4.69, 9.17) is 33.7 Å². The number of unbranched alkanes of at least 4 members (excludes halogenated alkanes) is 1. The summed E-state index contributed by atoms with van der Waals surface area (Å²) in [5.41, 5.74) is 2.41. The standard InChI is InChI=1S/C33H41N6O10P/c1-7-8-16-44-30(42)21(6)38-50(43,48-22-12-10-9-11-13-22)49-31-32(17-34)33(31,47-29(41)20(4)5)26(45-28(40)19(2)3)25(46-32)23-14-15-24-27(35)36-18-37-39(23)24/h9-15,18-21,25-26,31H,7-8,16H2,1-6H3,(H,38,43)(H2,35,36,37)/t21-,25-,26-,31?,32+,33+,50?/m0/s1. The van der Waals surface area contributed by atoms with Gasteiger partial charge in [0.15, 0.2) is 18.0 Å². The predicted octanol–water partition coefficient (Wildman–Crippen LogP) is 4.06. The Morgan fingerprint density at radius 2 is 1.78 bits per heavy atom. The van der Waals surface area contributed by atoms with E-state index >= 15 is 0 Å². The largest absolute Gasteiger partial charge is 0.465 e. The minimum atomic E-state index is -4.66. The molecule has 0 spiro atoms. The molecular formula is C33H41N6O10P. The molecule has 3 heterocycles. The Morgan fingerprint density at radius 1 is 1.08 bits per heavy atom. The van der Waals surface area contributed by atoms with Crippen LogP contribution in [0.25, 0.3) is 5.52 Å². The van der Waals surface area contributed by atoms with Gasteiger partial charge >= 0.3 is 25.7 Å². The van der Waals surface area contributed by atoms with Gasteiger partial charge in [-0.05, 0) is 37.6 Å². The molecule has 1 saturated heterocycles. The Hall–Kier alpha value is -4.55. The SMILES string of the molecule is CCCCOC(=O)[C@H](C)NP(=O)(Oc1ccccc1)OC1[C@@]2(C#N)O[C@@H](c3ccc4c(N)ncnn34)[C@H](OC(=O)C(C)C)[C@@]12OC(=O)C(C)C. The summed E-state index contributed by atoms with van der Waals surface area (Å²) in [6.45, 7) is 9.84. The molecule has 2 fully saturated rings. The number of esters is 3. The van der Waals surface area contributed by atoms with Crippen LogP contribution in [-0.2, 0) is 42.4 Å². The first-order chi connectivity index (χ1) is 23.7. The number of rotatable bonds is 15. The van der Waals surface area contributed by atoms with E-state index in [1.807, 2.05) is 6.92 Å². The van der Waals surface area contributed by atoms with Crippen LogP contribution in [0.3, 0.4) is 0 Å². The molecule has 0 bridgehead atoms. The normalized spacial score (nSPS) is 25.7. The number of anilines is 1. The van der Waals surface area contributed by atoms with Crippen LogP contribution in [0.2, 0.25) is 0 Å². The molecule has 0 radical (unpaired) electrons. The van der Waals surface area contributed by atoms with E-state index in [1.54, 1.807) is 58.0 Å². The number of para-hydroxylation sites is 1. The fraction of sp³-hybridized carbons (Fsp3) is 0.515. The molecule has 1 saturated carbocycles. The monoisotopic (exact) mass is 712 g/mol. The van der Waals surface area contributed by atoms with E-state index in [0.717, 1.165) is 6.42 Å². The van der Waals surface area contributed by atoms with Crippen LogP contribution in [-0.4, -0.2) is 68.6 Å². The number of fused-ring (bicyclic) bond motifs is 2. The van der Waals surface area contributed by atoms with Crippen molar-refractivity contribution in [1.82, 2.24) is 19.7 Å². The number of nitrogens with zero attached hydrogens (tertiary/aromatic N) is 4. The van der Waals surface area contributed by atoms with Crippen molar-refractivity contribution in [2.75, 3.05) is 12.3 Å². The van der Waals surface area contributed by atoms with Crippen LogP contribution < -0.4 is 15.3 Å². The number of hydrogen-bond acceptors (Lipinski definition) is 14. The molecule has 1 aliphatic heterocycles. The second kappa shape index (κ2) is 14.4. The van der Waals surface area contributed by atoms with Gasteiger partial charge in [-0.2, -0.15) is 15.4 Å². The summed E-state index contributed by atoms with van der Waals surface area (Å²) in [6, 6.07) is 12.0. The van der Waals surface area contributed by atoms with Gasteiger partial charge in [-0.25, -0.2) is 14.1 Å². The van der Waals surface area contributed by atoms with Crippen LogP contribution >= 0.6 is 7.75 Å². The maximum atomic E-state index is 14.7. The third-order valence-corrected chi connectivity index (χ3v) is 9.99. The number of nitrogen functional groups attached to an aromatic ring is 1. The smallest absolute Gasteiger partial charge is 0.460 e. The van der Waals surface area contributed by atoms with E-state index in [0.29, 0.717) is 17.6 Å². The second-order valence-electron chi connectivity index (χ2n) is 12.7. The fourth-order valence-corrected chi connectivity index (χ4v) is 7.31. The summed E-state index contributed by atoms with van der Waals surface area (Å²) in [5.74, 6) is -3.34. The number of benzene rings is 1. The summed E-state index contributed by atoms with van der Waals surface area (Å²) >= 11 is 0. The van der Waals surface area contributed by atoms with Crippen molar-refractivity contribution in [3.05, 3.63) is 54.5 Å². The number of carbonyl (C=O) groups is 3. The molecule has 3 N–H and O–H groups in total. The molecule has 1 aliphatic carbocycles. The molecule has 0 amide bonds. The van der Waals surface area contributed by atoms with E-state index < -0.39 is 73.0 Å². The number of aromatic nitrogens is 3. The van der Waals surface area contributed by atoms with E-state index in [2.05, 4.69) is 21.2 Å². The molecule has 2 aliphatic rings. The van der Waals surface area contributed by atoms with Gasteiger partial charge in [-0.15, -0.1) is 0 Å². The summed E-state index contributed by atoms with van der Waals surface area (Å²) in [6.07, 6.45) is -1.82. The highest BCUT2D eigenvalue weighted by molar-refractivity contribution is 7.52. The molecule has 3 aromatic rings. The second-order valence-corrected chi connectivity index (χ2v) is 14.4. The van der Waals surface area contributed by atoms with Crippen molar-refractivity contribution < 1.29 is 46.9 Å². The first-order valence-corrected chi connectivity index (χ1v) is 17.9. The Bertz CT molecular complexity index is 1830. The summed E-state index contributed by atoms with van der Waals surface area (Å²) in [5, 5.41) is 17.7. The van der Waals surface area contributed by atoms with Crippen molar-refractivity contribution in [3.63, 3.8) is 0 Å². The fourth-order valence-electron chi connectivity index (χ4n) is 5.59. The van der Waals surface area contributed by atoms with Crippen LogP contribution in [0.1, 0.15) is 66.2 Å². The first kappa shape index (κ1) is 36.7. The maximum Gasteiger partial charge on any atom is 0.460 e. The van der Waals surface area contributed by atoms with Crippen LogP contribution in [0, 0.1) is 23.2 Å². The highest BCUT2D eigenvalue weighted by atomic mass is 31.2. The first-order valence-electron chi connectivity index (χ1n) is 16.3. The Morgan fingerprint density at radius 3 is 2.42 bits per heavy atom. The molecule has 2 unspecified atom stereocenters. The minimum absolute atomic E-state index is 0.0958. The topological polar surface area (TPSA) is 216 Å². The average Bonchev–Trinajstić information content (AvgIpc) is 3.32. The van der Waals surface area contributed by atoms with Gasteiger partial charge in [0.25, 0.3) is 0 Å². The third-order valence-electron chi connectivity index (χ3n) is 8.35. The molecule has 16 nitrogen and oxygen atoms in total. The molecule has 5 rings (SSSR count). The highest BCUT2D eigenvalue weighted by Gasteiger charge is 2.95.